The van der Waals surface area contributed by atoms with Crippen LogP contribution in [0.1, 0.15) is 38.8 Å². The van der Waals surface area contributed by atoms with Gasteiger partial charge in [-0.15, -0.1) is 0 Å². The molecule has 0 saturated carbocycles. The number of rotatable bonds is 4. The first-order chi connectivity index (χ1) is 13.5. The monoisotopic (exact) mass is 474 g/mol. The first kappa shape index (κ1) is 21.8. The molecule has 0 fully saturated rings. The maximum absolute atomic E-state index is 12.6. The predicted octanol–water partition coefficient (Wildman–Crippen LogP) is 7.35. The number of carbonyl (C=O) groups is 1. The summed E-state index contributed by atoms with van der Waals surface area (Å²) < 4.78 is 7.06. The zero-order valence-corrected chi connectivity index (χ0v) is 19.5. The molecule has 1 atom stereocenters. The Morgan fingerprint density at radius 1 is 1.00 bits per heavy atom. The summed E-state index contributed by atoms with van der Waals surface area (Å²) in [5, 5.41) is 12.9. The van der Waals surface area contributed by atoms with Crippen LogP contribution in [0.2, 0.25) is 5.02 Å². The molecular formula is C24H24BrClO3. The Bertz CT molecular complexity index is 1080. The van der Waals surface area contributed by atoms with Crippen molar-refractivity contribution in [2.45, 2.75) is 45.8 Å². The van der Waals surface area contributed by atoms with E-state index in [0.29, 0.717) is 10.6 Å². The van der Waals surface area contributed by atoms with E-state index in [2.05, 4.69) is 15.9 Å². The molecule has 0 aliphatic carbocycles. The van der Waals surface area contributed by atoms with Crippen LogP contribution >= 0.6 is 27.5 Å². The number of halogens is 2. The Morgan fingerprint density at radius 3 is 2.07 bits per heavy atom. The van der Waals surface area contributed by atoms with Crippen molar-refractivity contribution in [1.29, 1.82) is 0 Å². The van der Waals surface area contributed by atoms with Crippen molar-refractivity contribution in [2.75, 3.05) is 0 Å². The van der Waals surface area contributed by atoms with E-state index in [1.165, 1.54) is 0 Å². The second-order valence-electron chi connectivity index (χ2n) is 8.29. The second-order valence-corrected chi connectivity index (χ2v) is 9.52. The molecule has 5 heteroatoms. The number of carboxylic acids is 1. The lowest BCUT2D eigenvalue weighted by Crippen LogP contribution is -2.42. The molecule has 3 rings (SSSR count). The number of hydrogen-bond donors (Lipinski definition) is 1. The van der Waals surface area contributed by atoms with E-state index >= 15 is 0 Å². The van der Waals surface area contributed by atoms with Gasteiger partial charge in [0.05, 0.1) is 5.60 Å². The molecule has 0 saturated heterocycles. The van der Waals surface area contributed by atoms with Gasteiger partial charge in [0.2, 0.25) is 0 Å². The fraction of sp³-hybridized carbons (Fsp3) is 0.292. The van der Waals surface area contributed by atoms with Crippen LogP contribution in [0.15, 0.2) is 53.0 Å². The molecule has 0 aromatic heterocycles. The zero-order valence-electron chi connectivity index (χ0n) is 17.1. The summed E-state index contributed by atoms with van der Waals surface area (Å²) in [4.78, 5) is 12.6. The third-order valence-corrected chi connectivity index (χ3v) is 6.19. The minimum absolute atomic E-state index is 0.625. The van der Waals surface area contributed by atoms with Crippen molar-refractivity contribution in [3.63, 3.8) is 0 Å². The minimum Gasteiger partial charge on any atom is -0.479 e. The summed E-state index contributed by atoms with van der Waals surface area (Å²) in [6.07, 6.45) is 0. The number of fused-ring (bicyclic) bond motifs is 1. The zero-order chi connectivity index (χ0) is 21.6. The fourth-order valence-electron chi connectivity index (χ4n) is 3.85. The van der Waals surface area contributed by atoms with Gasteiger partial charge in [0.15, 0.2) is 5.60 Å². The molecule has 0 aliphatic rings. The maximum Gasteiger partial charge on any atom is 0.340 e. The molecule has 0 spiro atoms. The van der Waals surface area contributed by atoms with E-state index in [1.807, 2.05) is 76.2 Å². The fourth-order valence-corrected chi connectivity index (χ4v) is 4.52. The number of hydrogen-bond acceptors (Lipinski definition) is 2. The predicted molar refractivity (Wildman–Crippen MR) is 123 cm³/mol. The van der Waals surface area contributed by atoms with Crippen LogP contribution in [0.4, 0.5) is 0 Å². The van der Waals surface area contributed by atoms with E-state index in [9.17, 15) is 9.90 Å². The van der Waals surface area contributed by atoms with E-state index < -0.39 is 17.2 Å². The van der Waals surface area contributed by atoms with Gasteiger partial charge in [-0.2, -0.15) is 0 Å². The number of carboxylic acid groups (broad SMARTS) is 1. The van der Waals surface area contributed by atoms with Crippen LogP contribution in [-0.4, -0.2) is 16.7 Å². The van der Waals surface area contributed by atoms with Gasteiger partial charge in [0, 0.05) is 15.1 Å². The summed E-state index contributed by atoms with van der Waals surface area (Å²) in [6, 6.07) is 15.4. The highest BCUT2D eigenvalue weighted by atomic mass is 79.9. The van der Waals surface area contributed by atoms with Crippen LogP contribution in [0.25, 0.3) is 21.9 Å². The van der Waals surface area contributed by atoms with Crippen molar-refractivity contribution in [1.82, 2.24) is 0 Å². The van der Waals surface area contributed by atoms with Gasteiger partial charge in [0.25, 0.3) is 0 Å². The molecule has 29 heavy (non-hydrogen) atoms. The molecule has 0 aliphatic heterocycles. The molecule has 1 N–H and O–H groups in total. The van der Waals surface area contributed by atoms with E-state index in [4.69, 9.17) is 16.3 Å². The van der Waals surface area contributed by atoms with E-state index in [1.54, 1.807) is 6.92 Å². The Kier molecular flexibility index (Phi) is 5.83. The summed E-state index contributed by atoms with van der Waals surface area (Å²) in [5.41, 5.74) is 0.989. The van der Waals surface area contributed by atoms with Gasteiger partial charge < -0.3 is 9.84 Å². The molecule has 3 nitrogen and oxygen atoms in total. The lowest BCUT2D eigenvalue weighted by atomic mass is 9.81. The SMILES string of the molecule is Cc1c(C(C)(OC(C)(C)C)C(=O)O)c(-c2ccc(Cl)cc2)c2ccccc2c1Br. The Morgan fingerprint density at radius 2 is 1.55 bits per heavy atom. The van der Waals surface area contributed by atoms with Crippen LogP contribution in [0.3, 0.4) is 0 Å². The number of aliphatic carboxylic acids is 1. The molecular weight excluding hydrogens is 452 g/mol. The average molecular weight is 476 g/mol. The van der Waals surface area contributed by atoms with Crippen molar-refractivity contribution < 1.29 is 14.6 Å². The van der Waals surface area contributed by atoms with Crippen molar-refractivity contribution in [3.8, 4) is 11.1 Å². The number of ether oxygens (including phenoxy) is 1. The molecule has 3 aromatic rings. The van der Waals surface area contributed by atoms with E-state index in [0.717, 1.165) is 31.9 Å². The smallest absolute Gasteiger partial charge is 0.340 e. The van der Waals surface area contributed by atoms with Gasteiger partial charge in [0.1, 0.15) is 0 Å². The summed E-state index contributed by atoms with van der Waals surface area (Å²) in [5.74, 6) is -1.03. The van der Waals surface area contributed by atoms with Crippen molar-refractivity contribution >= 4 is 44.3 Å². The molecule has 3 aromatic carbocycles. The highest BCUT2D eigenvalue weighted by Crippen LogP contribution is 2.46. The van der Waals surface area contributed by atoms with Crippen LogP contribution in [-0.2, 0) is 15.1 Å². The maximum atomic E-state index is 12.6. The van der Waals surface area contributed by atoms with Gasteiger partial charge in [-0.3, -0.25) is 0 Å². The lowest BCUT2D eigenvalue weighted by molar-refractivity contribution is -0.183. The molecule has 0 bridgehead atoms. The largest absolute Gasteiger partial charge is 0.479 e. The normalized spacial score (nSPS) is 14.0. The highest BCUT2D eigenvalue weighted by molar-refractivity contribution is 9.10. The van der Waals surface area contributed by atoms with Crippen molar-refractivity contribution in [3.05, 3.63) is 69.2 Å². The molecule has 152 valence electrons. The molecule has 0 amide bonds. The van der Waals surface area contributed by atoms with Gasteiger partial charge >= 0.3 is 5.97 Å². The Balaban J connectivity index is 2.51. The quantitative estimate of drug-likeness (QED) is 0.429. The molecule has 0 heterocycles. The topological polar surface area (TPSA) is 46.5 Å². The first-order valence-corrected chi connectivity index (χ1v) is 10.5. The third-order valence-electron chi connectivity index (χ3n) is 4.92. The average Bonchev–Trinajstić information content (AvgIpc) is 2.63. The summed E-state index contributed by atoms with van der Waals surface area (Å²) in [6.45, 7) is 9.15. The summed E-state index contributed by atoms with van der Waals surface area (Å²) in [7, 11) is 0. The van der Waals surface area contributed by atoms with Gasteiger partial charge in [-0.05, 0) is 90.1 Å². The minimum atomic E-state index is -1.55. The van der Waals surface area contributed by atoms with Crippen LogP contribution in [0, 0.1) is 6.92 Å². The number of benzene rings is 3. The van der Waals surface area contributed by atoms with E-state index in [-0.39, 0.29) is 0 Å². The second kappa shape index (κ2) is 7.75. The van der Waals surface area contributed by atoms with Crippen LogP contribution < -0.4 is 0 Å². The standard InChI is InChI=1S/C24H24BrClO3/c1-14-20(24(5,22(27)28)29-23(2,3)4)19(15-10-12-16(26)13-11-15)17-8-6-7-9-18(17)21(14)25/h6-13H,1-5H3,(H,27,28). The first-order valence-electron chi connectivity index (χ1n) is 9.36. The van der Waals surface area contributed by atoms with Crippen molar-refractivity contribution in [2.24, 2.45) is 0 Å². The molecule has 0 radical (unpaired) electrons. The molecule has 1 unspecified atom stereocenters. The van der Waals surface area contributed by atoms with Crippen LogP contribution in [0.5, 0.6) is 0 Å². The lowest BCUT2D eigenvalue weighted by Gasteiger charge is -2.36. The Labute approximate surface area is 184 Å². The summed E-state index contributed by atoms with van der Waals surface area (Å²) >= 11 is 9.82. The third kappa shape index (κ3) is 4.07. The van der Waals surface area contributed by atoms with Gasteiger partial charge in [-0.1, -0.05) is 48.0 Å². The highest BCUT2D eigenvalue weighted by Gasteiger charge is 2.44. The van der Waals surface area contributed by atoms with Gasteiger partial charge in [-0.25, -0.2) is 4.79 Å². The Hall–Kier alpha value is -1.88.